The summed E-state index contributed by atoms with van der Waals surface area (Å²) in [7, 11) is 0. The Hall–Kier alpha value is -3.64. The van der Waals surface area contributed by atoms with Gasteiger partial charge in [-0.3, -0.25) is 9.59 Å². The second-order valence-electron chi connectivity index (χ2n) is 8.70. The molecule has 0 spiro atoms. The number of para-hydroxylation sites is 1. The number of nitrogens with one attached hydrogen (secondary N) is 1. The molecule has 0 saturated carbocycles. The molecule has 1 N–H and O–H groups in total. The lowest BCUT2D eigenvalue weighted by Crippen LogP contribution is -2.37. The Morgan fingerprint density at radius 3 is 2.86 bits per heavy atom. The second kappa shape index (κ2) is 10.7. The maximum absolute atomic E-state index is 12.9. The number of aryl methyl sites for hydroxylation is 1. The standard InChI is InChI=1S/C26H29N5O3S/c1-4-34-22-8-6-5-7-19(22)17(2)11-24(32)29-26-21(12-27)20-9-10-31(14-23(20)35-26)25(33)15-30-13-18(3)28-16-30/h5-8,13,16-17H,4,9-11,14-15H2,1-3H3,(H,29,32)/t17-/m0/s1. The van der Waals surface area contributed by atoms with E-state index in [-0.39, 0.29) is 30.7 Å². The summed E-state index contributed by atoms with van der Waals surface area (Å²) in [6, 6.07) is 10.0. The van der Waals surface area contributed by atoms with E-state index in [1.54, 1.807) is 15.8 Å². The molecule has 3 heterocycles. The topological polar surface area (TPSA) is 100 Å². The molecule has 182 valence electrons. The molecule has 9 heteroatoms. The van der Waals surface area contributed by atoms with Gasteiger partial charge in [0.2, 0.25) is 11.8 Å². The summed E-state index contributed by atoms with van der Waals surface area (Å²) < 4.78 is 7.48. The van der Waals surface area contributed by atoms with E-state index in [0.29, 0.717) is 36.7 Å². The van der Waals surface area contributed by atoms with Gasteiger partial charge >= 0.3 is 0 Å². The third-order valence-corrected chi connectivity index (χ3v) is 7.23. The molecule has 1 aliphatic heterocycles. The van der Waals surface area contributed by atoms with Gasteiger partial charge in [0, 0.05) is 24.0 Å². The summed E-state index contributed by atoms with van der Waals surface area (Å²) >= 11 is 1.39. The molecule has 2 amide bonds. The van der Waals surface area contributed by atoms with Gasteiger partial charge in [0.1, 0.15) is 23.4 Å². The van der Waals surface area contributed by atoms with E-state index in [9.17, 15) is 14.9 Å². The van der Waals surface area contributed by atoms with E-state index in [1.807, 2.05) is 51.2 Å². The van der Waals surface area contributed by atoms with Crippen molar-refractivity contribution in [1.29, 1.82) is 5.26 Å². The highest BCUT2D eigenvalue weighted by Gasteiger charge is 2.28. The molecule has 0 unspecified atom stereocenters. The molecular weight excluding hydrogens is 462 g/mol. The lowest BCUT2D eigenvalue weighted by atomic mass is 9.96. The molecule has 2 aromatic heterocycles. The van der Waals surface area contributed by atoms with Crippen LogP contribution in [0.2, 0.25) is 0 Å². The van der Waals surface area contributed by atoms with Crippen LogP contribution in [0.25, 0.3) is 0 Å². The zero-order valence-corrected chi connectivity index (χ0v) is 21.0. The number of fused-ring (bicyclic) bond motifs is 1. The summed E-state index contributed by atoms with van der Waals surface area (Å²) in [4.78, 5) is 32.6. The average molecular weight is 492 g/mol. The van der Waals surface area contributed by atoms with E-state index < -0.39 is 0 Å². The number of hydrogen-bond donors (Lipinski definition) is 1. The Kier molecular flexibility index (Phi) is 7.51. The largest absolute Gasteiger partial charge is 0.494 e. The van der Waals surface area contributed by atoms with E-state index >= 15 is 0 Å². The van der Waals surface area contributed by atoms with Crippen molar-refractivity contribution < 1.29 is 14.3 Å². The normalized spacial score (nSPS) is 13.6. The molecule has 1 atom stereocenters. The van der Waals surface area contributed by atoms with Crippen molar-refractivity contribution in [3.05, 3.63) is 64.1 Å². The molecule has 0 saturated heterocycles. The quantitative estimate of drug-likeness (QED) is 0.508. The van der Waals surface area contributed by atoms with Crippen LogP contribution in [0.3, 0.4) is 0 Å². The van der Waals surface area contributed by atoms with E-state index in [2.05, 4.69) is 16.4 Å². The first kappa shape index (κ1) is 24.5. The van der Waals surface area contributed by atoms with Crippen LogP contribution in [-0.2, 0) is 29.1 Å². The molecule has 1 aromatic carbocycles. The number of anilines is 1. The van der Waals surface area contributed by atoms with Crippen LogP contribution in [0.4, 0.5) is 5.00 Å². The van der Waals surface area contributed by atoms with Gasteiger partial charge < -0.3 is 19.5 Å². The van der Waals surface area contributed by atoms with Crippen LogP contribution in [0.15, 0.2) is 36.8 Å². The minimum atomic E-state index is -0.151. The number of benzene rings is 1. The fraction of sp³-hybridized carbons (Fsp3) is 0.385. The van der Waals surface area contributed by atoms with Crippen LogP contribution in [-0.4, -0.2) is 39.4 Å². The van der Waals surface area contributed by atoms with Crippen LogP contribution in [0.1, 0.15) is 53.4 Å². The Morgan fingerprint density at radius 2 is 2.14 bits per heavy atom. The van der Waals surface area contributed by atoms with E-state index in [4.69, 9.17) is 4.74 Å². The number of ether oxygens (including phenoxy) is 1. The number of amides is 2. The van der Waals surface area contributed by atoms with Gasteiger partial charge in [0.25, 0.3) is 0 Å². The lowest BCUT2D eigenvalue weighted by Gasteiger charge is -2.27. The predicted octanol–water partition coefficient (Wildman–Crippen LogP) is 4.24. The lowest BCUT2D eigenvalue weighted by molar-refractivity contribution is -0.132. The minimum absolute atomic E-state index is 0.00679. The Labute approximate surface area is 209 Å². The molecular formula is C26H29N5O3S. The maximum atomic E-state index is 12.9. The molecule has 0 fully saturated rings. The zero-order valence-electron chi connectivity index (χ0n) is 20.2. The number of hydrogen-bond acceptors (Lipinski definition) is 6. The van der Waals surface area contributed by atoms with Crippen LogP contribution >= 0.6 is 11.3 Å². The molecule has 0 bridgehead atoms. The molecule has 35 heavy (non-hydrogen) atoms. The molecule has 1 aliphatic rings. The summed E-state index contributed by atoms with van der Waals surface area (Å²) in [5.74, 6) is 0.600. The van der Waals surface area contributed by atoms with Crippen molar-refractivity contribution in [2.75, 3.05) is 18.5 Å². The molecule has 4 rings (SSSR count). The van der Waals surface area contributed by atoms with Crippen molar-refractivity contribution in [3.63, 3.8) is 0 Å². The number of carbonyl (C=O) groups excluding carboxylic acids is 2. The third kappa shape index (κ3) is 5.54. The van der Waals surface area contributed by atoms with Crippen LogP contribution < -0.4 is 10.1 Å². The van der Waals surface area contributed by atoms with E-state index in [0.717, 1.165) is 27.4 Å². The summed E-state index contributed by atoms with van der Waals surface area (Å²) in [6.07, 6.45) is 4.36. The summed E-state index contributed by atoms with van der Waals surface area (Å²) in [6.45, 7) is 7.59. The van der Waals surface area contributed by atoms with Gasteiger partial charge in [0.15, 0.2) is 0 Å². The number of rotatable bonds is 8. The highest BCUT2D eigenvalue weighted by molar-refractivity contribution is 7.16. The zero-order chi connectivity index (χ0) is 24.9. The first-order chi connectivity index (χ1) is 16.9. The van der Waals surface area contributed by atoms with E-state index in [1.165, 1.54) is 11.3 Å². The van der Waals surface area contributed by atoms with Gasteiger partial charge in [-0.1, -0.05) is 25.1 Å². The summed E-state index contributed by atoms with van der Waals surface area (Å²) in [5, 5.41) is 13.3. The monoisotopic (exact) mass is 491 g/mol. The highest BCUT2D eigenvalue weighted by atomic mass is 32.1. The van der Waals surface area contributed by atoms with Gasteiger partial charge in [0.05, 0.1) is 30.7 Å². The van der Waals surface area contributed by atoms with Crippen LogP contribution in [0, 0.1) is 18.3 Å². The Morgan fingerprint density at radius 1 is 1.34 bits per heavy atom. The van der Waals surface area contributed by atoms with Crippen molar-refractivity contribution >= 4 is 28.2 Å². The van der Waals surface area contributed by atoms with Gasteiger partial charge in [-0.25, -0.2) is 4.98 Å². The molecule has 3 aromatic rings. The van der Waals surface area contributed by atoms with Gasteiger partial charge in [-0.15, -0.1) is 11.3 Å². The average Bonchev–Trinajstić information content (AvgIpc) is 3.40. The predicted molar refractivity (Wildman–Crippen MR) is 134 cm³/mol. The Bertz CT molecular complexity index is 1270. The molecule has 0 radical (unpaired) electrons. The van der Waals surface area contributed by atoms with Gasteiger partial charge in [-0.2, -0.15) is 5.26 Å². The third-order valence-electron chi connectivity index (χ3n) is 6.10. The first-order valence-electron chi connectivity index (χ1n) is 11.7. The number of nitrogens with zero attached hydrogens (tertiary/aromatic N) is 4. The van der Waals surface area contributed by atoms with Crippen molar-refractivity contribution in [2.24, 2.45) is 0 Å². The molecule has 0 aliphatic carbocycles. The summed E-state index contributed by atoms with van der Waals surface area (Å²) in [5.41, 5.74) is 3.30. The molecule has 8 nitrogen and oxygen atoms in total. The maximum Gasteiger partial charge on any atom is 0.242 e. The first-order valence-corrected chi connectivity index (χ1v) is 12.5. The van der Waals surface area contributed by atoms with Crippen molar-refractivity contribution in [1.82, 2.24) is 14.5 Å². The highest BCUT2D eigenvalue weighted by Crippen LogP contribution is 2.37. The number of thiophene rings is 1. The van der Waals surface area contributed by atoms with Crippen molar-refractivity contribution in [2.45, 2.75) is 52.6 Å². The van der Waals surface area contributed by atoms with Crippen LogP contribution in [0.5, 0.6) is 5.75 Å². The number of imidazole rings is 1. The SMILES string of the molecule is CCOc1ccccc1[C@@H](C)CC(=O)Nc1sc2c(c1C#N)CCN(C(=O)Cn1cnc(C)c1)C2. The smallest absolute Gasteiger partial charge is 0.242 e. The fourth-order valence-electron chi connectivity index (χ4n) is 4.38. The number of carbonyl (C=O) groups is 2. The number of nitriles is 1. The Balaban J connectivity index is 1.43. The minimum Gasteiger partial charge on any atom is -0.494 e. The van der Waals surface area contributed by atoms with Crippen molar-refractivity contribution in [3.8, 4) is 11.8 Å². The number of aromatic nitrogens is 2. The van der Waals surface area contributed by atoms with Gasteiger partial charge in [-0.05, 0) is 43.4 Å². The second-order valence-corrected chi connectivity index (χ2v) is 9.80. The fourth-order valence-corrected chi connectivity index (χ4v) is 5.61.